The van der Waals surface area contributed by atoms with Gasteiger partial charge in [-0.15, -0.1) is 11.3 Å². The maximum atomic E-state index is 16.3. The molecule has 4 heterocycles. The molecule has 240 valence electrons. The predicted octanol–water partition coefficient (Wildman–Crippen LogP) is 4.27. The first-order valence-electron chi connectivity index (χ1n) is 15.0. The number of aliphatic imine (C=N–C) groups is 1. The van der Waals surface area contributed by atoms with E-state index in [1.54, 1.807) is 49.7 Å². The van der Waals surface area contributed by atoms with E-state index < -0.39 is 41.3 Å². The van der Waals surface area contributed by atoms with Gasteiger partial charge < -0.3 is 20.1 Å². The summed E-state index contributed by atoms with van der Waals surface area (Å²) in [7, 11) is 0. The van der Waals surface area contributed by atoms with Crippen LogP contribution in [0.4, 0.5) is 8.78 Å². The molecule has 0 saturated carbocycles. The van der Waals surface area contributed by atoms with Crippen LogP contribution in [0, 0.1) is 18.7 Å². The number of amidine groups is 1. The summed E-state index contributed by atoms with van der Waals surface area (Å²) in [6.45, 7) is 4.41. The number of aromatic carboxylic acids is 1. The molecule has 1 aromatic heterocycles. The number of nitrogens with one attached hydrogen (secondary N) is 1. The van der Waals surface area contributed by atoms with Crippen molar-refractivity contribution in [3.05, 3.63) is 98.4 Å². The highest BCUT2D eigenvalue weighted by Crippen LogP contribution is 2.41. The average Bonchev–Trinajstić information content (AvgIpc) is 3.66. The predicted molar refractivity (Wildman–Crippen MR) is 167 cm³/mol. The molecular formula is C33H33F2N5O5S. The monoisotopic (exact) mass is 649 g/mol. The smallest absolute Gasteiger partial charge is 0.338 e. The number of aromatic nitrogens is 1. The molecule has 3 atom stereocenters. The molecular weight excluding hydrogens is 616 g/mol. The highest BCUT2D eigenvalue weighted by atomic mass is 32.1. The Kier molecular flexibility index (Phi) is 8.71. The number of carboxylic acid groups (broad SMARTS) is 1. The number of alkyl halides is 1. The van der Waals surface area contributed by atoms with Crippen LogP contribution >= 0.6 is 11.3 Å². The van der Waals surface area contributed by atoms with E-state index in [1.165, 1.54) is 34.4 Å². The zero-order chi connectivity index (χ0) is 32.6. The molecule has 0 spiro atoms. The van der Waals surface area contributed by atoms with Crippen molar-refractivity contribution in [2.75, 3.05) is 32.8 Å². The Balaban J connectivity index is 1.29. The Bertz CT molecular complexity index is 1750. The topological polar surface area (TPSA) is 124 Å². The quantitative estimate of drug-likeness (QED) is 0.330. The Morgan fingerprint density at radius 2 is 2.00 bits per heavy atom. The van der Waals surface area contributed by atoms with Crippen molar-refractivity contribution < 1.29 is 33.0 Å². The average molecular weight is 650 g/mol. The number of carboxylic acids is 1. The van der Waals surface area contributed by atoms with E-state index in [0.717, 1.165) is 0 Å². The van der Waals surface area contributed by atoms with Crippen LogP contribution in [0.25, 0.3) is 0 Å². The lowest BCUT2D eigenvalue weighted by atomic mass is 9.84. The molecule has 0 radical (unpaired) electrons. The maximum Gasteiger partial charge on any atom is 0.338 e. The highest BCUT2D eigenvalue weighted by molar-refractivity contribution is 7.11. The number of carbonyl (C=O) groups excluding carboxylic acids is 2. The first-order chi connectivity index (χ1) is 22.1. The van der Waals surface area contributed by atoms with Crippen molar-refractivity contribution >= 4 is 35.0 Å². The van der Waals surface area contributed by atoms with Gasteiger partial charge >= 0.3 is 11.9 Å². The van der Waals surface area contributed by atoms with Crippen LogP contribution in [-0.2, 0) is 20.9 Å². The van der Waals surface area contributed by atoms with E-state index in [-0.39, 0.29) is 56.9 Å². The Hall–Kier alpha value is -4.49. The standard InChI is InChI=1S/C33H33F2N5O5S/c1-3-45-31(43)26-25(37-28(29-36-11-13-46-29)38-27(26)23-8-5-9-24(34)19(23)2)18-39-12-10-33(35)22(16-39)17-40(32(33)44)15-20-6-4-7-21(14-20)30(41)42/h4-9,11,13-14,22,27H,3,10,12,15-18H2,1-2H3,(H,37,38)(H,41,42)/t22-,27-,33+/m0/s1. The van der Waals surface area contributed by atoms with Gasteiger partial charge in [0.1, 0.15) is 11.9 Å². The molecule has 2 saturated heterocycles. The number of hydrogen-bond acceptors (Lipinski definition) is 9. The van der Waals surface area contributed by atoms with Crippen molar-refractivity contribution in [2.45, 2.75) is 38.5 Å². The van der Waals surface area contributed by atoms with E-state index >= 15 is 4.39 Å². The Morgan fingerprint density at radius 3 is 2.74 bits per heavy atom. The molecule has 6 rings (SSSR count). The summed E-state index contributed by atoms with van der Waals surface area (Å²) < 4.78 is 36.5. The molecule has 3 aliphatic rings. The summed E-state index contributed by atoms with van der Waals surface area (Å²) in [5.41, 5.74) is 0.253. The van der Waals surface area contributed by atoms with Gasteiger partial charge in [0.25, 0.3) is 5.91 Å². The fourth-order valence-electron chi connectivity index (χ4n) is 6.46. The third-order valence-electron chi connectivity index (χ3n) is 8.79. The number of benzene rings is 2. The van der Waals surface area contributed by atoms with Gasteiger partial charge in [-0.1, -0.05) is 24.3 Å². The van der Waals surface area contributed by atoms with E-state index in [4.69, 9.17) is 9.73 Å². The molecule has 46 heavy (non-hydrogen) atoms. The lowest BCUT2D eigenvalue weighted by Crippen LogP contribution is -2.52. The Labute approximate surface area is 268 Å². The normalized spacial score (nSPS) is 23.2. The number of nitrogens with zero attached hydrogens (tertiary/aromatic N) is 4. The molecule has 13 heteroatoms. The summed E-state index contributed by atoms with van der Waals surface area (Å²) in [5.74, 6) is -2.91. The summed E-state index contributed by atoms with van der Waals surface area (Å²) in [6.07, 6.45) is 1.60. The zero-order valence-corrected chi connectivity index (χ0v) is 26.2. The minimum Gasteiger partial charge on any atom is -0.478 e. The number of halogens is 2. The zero-order valence-electron chi connectivity index (χ0n) is 25.3. The van der Waals surface area contributed by atoms with Crippen LogP contribution in [0.5, 0.6) is 0 Å². The van der Waals surface area contributed by atoms with Crippen LogP contribution in [0.2, 0.25) is 0 Å². The summed E-state index contributed by atoms with van der Waals surface area (Å²) in [4.78, 5) is 50.9. The van der Waals surface area contributed by atoms with Crippen LogP contribution in [0.15, 0.2) is 70.3 Å². The molecule has 0 bridgehead atoms. The molecule has 10 nitrogen and oxygen atoms in total. The first-order valence-corrected chi connectivity index (χ1v) is 15.9. The lowest BCUT2D eigenvalue weighted by molar-refractivity contribution is -0.141. The Morgan fingerprint density at radius 1 is 1.20 bits per heavy atom. The van der Waals surface area contributed by atoms with Crippen molar-refractivity contribution in [2.24, 2.45) is 10.9 Å². The van der Waals surface area contributed by atoms with E-state index in [0.29, 0.717) is 33.2 Å². The van der Waals surface area contributed by atoms with Crippen molar-refractivity contribution in [1.29, 1.82) is 0 Å². The number of thiazole rings is 1. The van der Waals surface area contributed by atoms with Gasteiger partial charge in [-0.2, -0.15) is 0 Å². The fraction of sp³-hybridized carbons (Fsp3) is 0.364. The van der Waals surface area contributed by atoms with Gasteiger partial charge in [-0.3, -0.25) is 14.7 Å². The number of carbonyl (C=O) groups is 3. The third kappa shape index (κ3) is 5.92. The van der Waals surface area contributed by atoms with Crippen molar-refractivity contribution in [3.63, 3.8) is 0 Å². The number of rotatable bonds is 9. The number of piperidine rings is 1. The van der Waals surface area contributed by atoms with E-state index in [2.05, 4.69) is 10.3 Å². The molecule has 2 N–H and O–H groups in total. The molecule has 3 aromatic rings. The van der Waals surface area contributed by atoms with Gasteiger partial charge in [0.05, 0.1) is 17.7 Å². The molecule has 2 aromatic carbocycles. The van der Waals surface area contributed by atoms with Crippen LogP contribution in [0.3, 0.4) is 0 Å². The molecule has 0 unspecified atom stereocenters. The highest BCUT2D eigenvalue weighted by Gasteiger charge is 2.57. The number of fused-ring (bicyclic) bond motifs is 1. The number of ether oxygens (including phenoxy) is 1. The SMILES string of the molecule is CCOC(=O)C1=C(CN2CC[C@]3(F)C(=O)N(Cc4cccc(C(=O)O)c4)C[C@@H]3C2)NC(c2nccs2)=N[C@H]1c1cccc(F)c1C. The van der Waals surface area contributed by atoms with E-state index in [9.17, 15) is 23.9 Å². The lowest BCUT2D eigenvalue weighted by Gasteiger charge is -2.38. The van der Waals surface area contributed by atoms with Crippen LogP contribution < -0.4 is 5.32 Å². The van der Waals surface area contributed by atoms with Crippen molar-refractivity contribution in [3.8, 4) is 0 Å². The van der Waals surface area contributed by atoms with Crippen LogP contribution in [0.1, 0.15) is 51.4 Å². The van der Waals surface area contributed by atoms with E-state index in [1.807, 2.05) is 4.90 Å². The number of amides is 1. The van der Waals surface area contributed by atoms with Gasteiger partial charge in [-0.25, -0.2) is 23.4 Å². The van der Waals surface area contributed by atoms with Gasteiger partial charge in [0.15, 0.2) is 16.5 Å². The van der Waals surface area contributed by atoms with Gasteiger partial charge in [-0.05, 0) is 48.7 Å². The second kappa shape index (κ2) is 12.7. The van der Waals surface area contributed by atoms with Gasteiger partial charge in [0, 0.05) is 62.3 Å². The molecule has 3 aliphatic heterocycles. The van der Waals surface area contributed by atoms with Crippen molar-refractivity contribution in [1.82, 2.24) is 20.1 Å². The summed E-state index contributed by atoms with van der Waals surface area (Å²) >= 11 is 1.36. The fourth-order valence-corrected chi connectivity index (χ4v) is 7.05. The number of esters is 1. The molecule has 1 amide bonds. The van der Waals surface area contributed by atoms with Crippen LogP contribution in [-0.4, -0.2) is 82.0 Å². The maximum absolute atomic E-state index is 16.3. The summed E-state index contributed by atoms with van der Waals surface area (Å²) in [6, 6.07) is 10.1. The number of hydrogen-bond donors (Lipinski definition) is 2. The first kappa shape index (κ1) is 31.5. The van der Waals surface area contributed by atoms with Gasteiger partial charge in [0.2, 0.25) is 0 Å². The molecule has 2 fully saturated rings. The second-order valence-electron chi connectivity index (χ2n) is 11.6. The molecule has 0 aliphatic carbocycles. The minimum atomic E-state index is -2.05. The third-order valence-corrected chi connectivity index (χ3v) is 9.57. The largest absolute Gasteiger partial charge is 0.478 e. The minimum absolute atomic E-state index is 0.0377. The number of likely N-dealkylation sites (tertiary alicyclic amines) is 2. The summed E-state index contributed by atoms with van der Waals surface area (Å²) in [5, 5.41) is 15.0. The second-order valence-corrected chi connectivity index (χ2v) is 12.5.